The summed E-state index contributed by atoms with van der Waals surface area (Å²) in [6.07, 6.45) is 0.328. The zero-order valence-electron chi connectivity index (χ0n) is 9.96. The van der Waals surface area contributed by atoms with E-state index in [1.165, 1.54) is 6.92 Å². The van der Waals surface area contributed by atoms with E-state index in [2.05, 4.69) is 0 Å². The first-order valence-electron chi connectivity index (χ1n) is 5.34. The van der Waals surface area contributed by atoms with Gasteiger partial charge in [0.15, 0.2) is 11.4 Å². The largest absolute Gasteiger partial charge is 0.511 e. The Morgan fingerprint density at radius 2 is 1.81 bits per heavy atom. The van der Waals surface area contributed by atoms with Crippen LogP contribution in [-0.2, 0) is 19.0 Å². The van der Waals surface area contributed by atoms with Crippen LogP contribution >= 0.6 is 0 Å². The lowest BCUT2D eigenvalue weighted by Gasteiger charge is -2.46. The smallest absolute Gasteiger partial charge is 0.421 e. The highest BCUT2D eigenvalue weighted by atomic mass is 16.9. The lowest BCUT2D eigenvalue weighted by atomic mass is 9.80. The van der Waals surface area contributed by atoms with Crippen molar-refractivity contribution in [3.05, 3.63) is 0 Å². The molecular formula is C11H16O5. The SMILES string of the molecule is CC(=O)C1(C)CC[C@]2(C)OC(=O)O[C@]2(C)O1. The van der Waals surface area contributed by atoms with Gasteiger partial charge in [-0.05, 0) is 33.6 Å². The van der Waals surface area contributed by atoms with Crippen molar-refractivity contribution in [3.63, 3.8) is 0 Å². The summed E-state index contributed by atoms with van der Waals surface area (Å²) in [5, 5.41) is 0. The van der Waals surface area contributed by atoms with Crippen molar-refractivity contribution >= 4 is 11.9 Å². The number of hydrogen-bond acceptors (Lipinski definition) is 5. The normalized spacial score (nSPS) is 46.9. The summed E-state index contributed by atoms with van der Waals surface area (Å²) >= 11 is 0. The molecule has 0 radical (unpaired) electrons. The highest BCUT2D eigenvalue weighted by Crippen LogP contribution is 2.49. The second-order valence-electron chi connectivity index (χ2n) is 5.02. The Kier molecular flexibility index (Phi) is 2.11. The van der Waals surface area contributed by atoms with Gasteiger partial charge in [-0.1, -0.05) is 0 Å². The Morgan fingerprint density at radius 3 is 2.38 bits per heavy atom. The molecule has 2 aliphatic heterocycles. The van der Waals surface area contributed by atoms with Crippen molar-refractivity contribution in [2.75, 3.05) is 0 Å². The average Bonchev–Trinajstić information content (AvgIpc) is 2.34. The molecule has 2 saturated heterocycles. The number of Topliss-reactive ketones (excluding diaryl/α,β-unsaturated/α-hetero) is 1. The fraction of sp³-hybridized carbons (Fsp3) is 0.818. The first-order valence-corrected chi connectivity index (χ1v) is 5.34. The molecule has 0 aromatic rings. The molecule has 3 atom stereocenters. The molecule has 0 aliphatic carbocycles. The zero-order chi connectivity index (χ0) is 12.2. The van der Waals surface area contributed by atoms with Crippen LogP contribution in [0.4, 0.5) is 4.79 Å². The first-order chi connectivity index (χ1) is 7.21. The molecule has 0 saturated carbocycles. The second kappa shape index (κ2) is 2.97. The number of ketones is 1. The summed E-state index contributed by atoms with van der Waals surface area (Å²) < 4.78 is 15.9. The van der Waals surface area contributed by atoms with Crippen LogP contribution in [0.25, 0.3) is 0 Å². The van der Waals surface area contributed by atoms with E-state index < -0.39 is 23.1 Å². The van der Waals surface area contributed by atoms with E-state index in [0.29, 0.717) is 12.8 Å². The van der Waals surface area contributed by atoms with Gasteiger partial charge in [-0.2, -0.15) is 0 Å². The van der Waals surface area contributed by atoms with Crippen LogP contribution in [0.1, 0.15) is 40.5 Å². The Morgan fingerprint density at radius 1 is 1.19 bits per heavy atom. The van der Waals surface area contributed by atoms with Crippen LogP contribution in [0.3, 0.4) is 0 Å². The van der Waals surface area contributed by atoms with Crippen LogP contribution in [0, 0.1) is 0 Å². The average molecular weight is 228 g/mol. The standard InChI is InChI=1S/C11H16O5/c1-7(12)9(2)5-6-10(3)11(4,16-9)15-8(13)14-10/h5-6H2,1-4H3/t9?,10-,11+/m0/s1. The quantitative estimate of drug-likeness (QED) is 0.640. The van der Waals surface area contributed by atoms with Gasteiger partial charge in [-0.25, -0.2) is 4.79 Å². The third kappa shape index (κ3) is 1.34. The fourth-order valence-corrected chi connectivity index (χ4v) is 2.18. The molecule has 0 amide bonds. The van der Waals surface area contributed by atoms with Gasteiger partial charge in [-0.15, -0.1) is 0 Å². The molecule has 2 aliphatic rings. The molecule has 1 unspecified atom stereocenters. The van der Waals surface area contributed by atoms with E-state index in [-0.39, 0.29) is 5.78 Å². The van der Waals surface area contributed by atoms with Gasteiger partial charge in [0.25, 0.3) is 5.79 Å². The number of fused-ring (bicyclic) bond motifs is 1. The van der Waals surface area contributed by atoms with Crippen molar-refractivity contribution < 1.29 is 23.8 Å². The molecule has 90 valence electrons. The van der Waals surface area contributed by atoms with Gasteiger partial charge in [0, 0.05) is 6.92 Å². The molecule has 0 bridgehead atoms. The van der Waals surface area contributed by atoms with Gasteiger partial charge < -0.3 is 14.2 Å². The fourth-order valence-electron chi connectivity index (χ4n) is 2.18. The summed E-state index contributed by atoms with van der Waals surface area (Å²) in [4.78, 5) is 22.7. The summed E-state index contributed by atoms with van der Waals surface area (Å²) in [6, 6.07) is 0. The molecule has 16 heavy (non-hydrogen) atoms. The molecule has 2 heterocycles. The lowest BCUT2D eigenvalue weighted by molar-refractivity contribution is -0.294. The van der Waals surface area contributed by atoms with Gasteiger partial charge in [-0.3, -0.25) is 4.79 Å². The number of ether oxygens (including phenoxy) is 3. The second-order valence-corrected chi connectivity index (χ2v) is 5.02. The maximum absolute atomic E-state index is 11.5. The summed E-state index contributed by atoms with van der Waals surface area (Å²) in [5.41, 5.74) is -1.71. The molecular weight excluding hydrogens is 212 g/mol. The van der Waals surface area contributed by atoms with Crippen molar-refractivity contribution in [2.45, 2.75) is 57.5 Å². The Hall–Kier alpha value is -1.10. The Bertz CT molecular complexity index is 365. The zero-order valence-corrected chi connectivity index (χ0v) is 9.96. The Labute approximate surface area is 94.0 Å². The van der Waals surface area contributed by atoms with Crippen LogP contribution in [0.15, 0.2) is 0 Å². The number of carbonyl (C=O) groups excluding carboxylic acids is 2. The third-order valence-electron chi connectivity index (χ3n) is 3.79. The van der Waals surface area contributed by atoms with Gasteiger partial charge in [0.2, 0.25) is 0 Å². The van der Waals surface area contributed by atoms with Crippen molar-refractivity contribution in [1.82, 2.24) is 0 Å². The maximum Gasteiger partial charge on any atom is 0.511 e. The lowest BCUT2D eigenvalue weighted by Crippen LogP contribution is -2.60. The summed E-state index contributed by atoms with van der Waals surface area (Å²) in [7, 11) is 0. The molecule has 0 aromatic heterocycles. The first kappa shape index (κ1) is 11.4. The predicted octanol–water partition coefficient (Wildman–Crippen LogP) is 1.79. The topological polar surface area (TPSA) is 61.8 Å². The molecule has 0 aromatic carbocycles. The Balaban J connectivity index is 2.33. The predicted molar refractivity (Wildman–Crippen MR) is 53.8 cm³/mol. The number of rotatable bonds is 1. The monoisotopic (exact) mass is 228 g/mol. The van der Waals surface area contributed by atoms with E-state index in [1.54, 1.807) is 20.8 Å². The van der Waals surface area contributed by atoms with Gasteiger partial charge in [0.1, 0.15) is 5.60 Å². The van der Waals surface area contributed by atoms with Crippen molar-refractivity contribution in [1.29, 1.82) is 0 Å². The third-order valence-corrected chi connectivity index (χ3v) is 3.79. The summed E-state index contributed by atoms with van der Waals surface area (Å²) in [6.45, 7) is 6.59. The molecule has 5 nitrogen and oxygen atoms in total. The van der Waals surface area contributed by atoms with Gasteiger partial charge in [0.05, 0.1) is 0 Å². The highest BCUT2D eigenvalue weighted by molar-refractivity contribution is 5.84. The van der Waals surface area contributed by atoms with Crippen molar-refractivity contribution in [2.24, 2.45) is 0 Å². The van der Waals surface area contributed by atoms with E-state index in [9.17, 15) is 9.59 Å². The molecule has 0 spiro atoms. The van der Waals surface area contributed by atoms with Crippen LogP contribution in [0.5, 0.6) is 0 Å². The minimum atomic E-state index is -1.18. The van der Waals surface area contributed by atoms with E-state index in [0.717, 1.165) is 0 Å². The van der Waals surface area contributed by atoms with Crippen LogP contribution in [0.2, 0.25) is 0 Å². The maximum atomic E-state index is 11.5. The highest BCUT2D eigenvalue weighted by Gasteiger charge is 2.64. The number of carbonyl (C=O) groups is 2. The van der Waals surface area contributed by atoms with Crippen LogP contribution < -0.4 is 0 Å². The van der Waals surface area contributed by atoms with Gasteiger partial charge >= 0.3 is 6.16 Å². The molecule has 2 rings (SSSR count). The van der Waals surface area contributed by atoms with E-state index >= 15 is 0 Å². The minimum absolute atomic E-state index is 0.0706. The minimum Gasteiger partial charge on any atom is -0.421 e. The molecule has 0 N–H and O–H groups in total. The van der Waals surface area contributed by atoms with Crippen molar-refractivity contribution in [3.8, 4) is 0 Å². The molecule has 2 fully saturated rings. The van der Waals surface area contributed by atoms with Crippen LogP contribution in [-0.4, -0.2) is 28.9 Å². The molecule has 5 heteroatoms. The summed E-state index contributed by atoms with van der Waals surface area (Å²) in [5.74, 6) is -1.25. The van der Waals surface area contributed by atoms with E-state index in [4.69, 9.17) is 14.2 Å². The van der Waals surface area contributed by atoms with E-state index in [1.807, 2.05) is 0 Å². The number of hydrogen-bond donors (Lipinski definition) is 0.